The van der Waals surface area contributed by atoms with Crippen molar-refractivity contribution in [2.24, 2.45) is 0 Å². The predicted octanol–water partition coefficient (Wildman–Crippen LogP) is 6.65. The summed E-state index contributed by atoms with van der Waals surface area (Å²) in [6.45, 7) is 3.48. The molecule has 0 aliphatic carbocycles. The Labute approximate surface area is 210 Å². The zero-order chi connectivity index (χ0) is 26.6. The molecule has 0 aromatic heterocycles. The lowest BCUT2D eigenvalue weighted by Gasteiger charge is -2.29. The average Bonchev–Trinajstić information content (AvgIpc) is 2.85. The van der Waals surface area contributed by atoms with Crippen LogP contribution < -0.4 is 4.74 Å². The Morgan fingerprint density at radius 2 is 1.57 bits per heavy atom. The maximum absolute atomic E-state index is 15.1. The number of rotatable bonds is 9. The summed E-state index contributed by atoms with van der Waals surface area (Å²) in [7, 11) is 0. The summed E-state index contributed by atoms with van der Waals surface area (Å²) < 4.78 is 100. The minimum Gasteiger partial charge on any atom is -0.399 e. The molecule has 1 fully saturated rings. The van der Waals surface area contributed by atoms with Crippen LogP contribution in [0.3, 0.4) is 0 Å². The second kappa shape index (κ2) is 11.7. The van der Waals surface area contributed by atoms with Gasteiger partial charge < -0.3 is 18.9 Å². The van der Waals surface area contributed by atoms with Crippen molar-refractivity contribution >= 4 is 10.8 Å². The maximum Gasteiger partial charge on any atom is 0.573 e. The monoisotopic (exact) mass is 528 g/mol. The Morgan fingerprint density at radius 1 is 0.865 bits per heavy atom. The summed E-state index contributed by atoms with van der Waals surface area (Å²) in [4.78, 5) is 0. The first kappa shape index (κ1) is 27.2. The summed E-state index contributed by atoms with van der Waals surface area (Å²) in [6.07, 6.45) is -4.16. The second-order valence-corrected chi connectivity index (χ2v) is 8.74. The summed E-state index contributed by atoms with van der Waals surface area (Å²) in [6, 6.07) is 10.3. The maximum atomic E-state index is 15.1. The van der Waals surface area contributed by atoms with E-state index in [1.807, 2.05) is 19.1 Å². The molecule has 37 heavy (non-hydrogen) atoms. The van der Waals surface area contributed by atoms with E-state index in [1.165, 1.54) is 0 Å². The van der Waals surface area contributed by atoms with Gasteiger partial charge in [-0.05, 0) is 60.4 Å². The van der Waals surface area contributed by atoms with Crippen molar-refractivity contribution in [3.05, 3.63) is 76.6 Å². The zero-order valence-electron chi connectivity index (χ0n) is 20.0. The molecule has 4 rings (SSSR count). The fourth-order valence-corrected chi connectivity index (χ4v) is 4.29. The minimum absolute atomic E-state index is 0.0200. The topological polar surface area (TPSA) is 36.9 Å². The third-order valence-electron chi connectivity index (χ3n) is 6.06. The van der Waals surface area contributed by atoms with Gasteiger partial charge in [0.05, 0.1) is 13.2 Å². The first-order valence-corrected chi connectivity index (χ1v) is 11.9. The number of hydrogen-bond acceptors (Lipinski definition) is 4. The number of halogens is 6. The van der Waals surface area contributed by atoms with Crippen LogP contribution in [0.2, 0.25) is 0 Å². The van der Waals surface area contributed by atoms with Crippen molar-refractivity contribution in [2.45, 2.75) is 51.4 Å². The quantitative estimate of drug-likeness (QED) is 0.292. The van der Waals surface area contributed by atoms with E-state index in [9.17, 15) is 22.0 Å². The normalized spacial score (nSPS) is 18.4. The molecule has 4 nitrogen and oxygen atoms in total. The molecule has 0 unspecified atom stereocenters. The zero-order valence-corrected chi connectivity index (χ0v) is 20.0. The van der Waals surface area contributed by atoms with Crippen LogP contribution in [0.5, 0.6) is 5.75 Å². The third-order valence-corrected chi connectivity index (χ3v) is 6.06. The van der Waals surface area contributed by atoms with Crippen molar-refractivity contribution in [1.29, 1.82) is 0 Å². The molecule has 0 saturated carbocycles. The van der Waals surface area contributed by atoms with Crippen LogP contribution >= 0.6 is 0 Å². The first-order valence-electron chi connectivity index (χ1n) is 11.9. The smallest absolute Gasteiger partial charge is 0.399 e. The Hall–Kier alpha value is -2.82. The van der Waals surface area contributed by atoms with E-state index in [0.717, 1.165) is 17.7 Å². The molecule has 1 aliphatic heterocycles. The highest BCUT2D eigenvalue weighted by Crippen LogP contribution is 2.30. The molecule has 0 spiro atoms. The molecule has 0 radical (unpaired) electrons. The molecular weight excluding hydrogens is 502 g/mol. The van der Waals surface area contributed by atoms with Gasteiger partial charge >= 0.3 is 6.36 Å². The van der Waals surface area contributed by atoms with E-state index >= 15 is 4.39 Å². The SMILES string of the molecule is CCOC1COC(CCc2ccc3c(F)c(CCc4cc(F)c(OC(F)(F)F)c(F)c4)ccc3c2)OC1. The summed E-state index contributed by atoms with van der Waals surface area (Å²) in [5.41, 5.74) is 1.40. The number of fused-ring (bicyclic) bond motifs is 1. The molecule has 3 aromatic rings. The molecule has 1 saturated heterocycles. The molecule has 0 bridgehead atoms. The van der Waals surface area contributed by atoms with Crippen molar-refractivity contribution in [2.75, 3.05) is 19.8 Å². The van der Waals surface area contributed by atoms with Gasteiger partial charge in [-0.25, -0.2) is 13.2 Å². The number of benzene rings is 3. The van der Waals surface area contributed by atoms with Crippen LogP contribution in [0, 0.1) is 17.5 Å². The van der Waals surface area contributed by atoms with Crippen LogP contribution in [-0.2, 0) is 33.5 Å². The van der Waals surface area contributed by atoms with E-state index in [2.05, 4.69) is 4.74 Å². The Morgan fingerprint density at radius 3 is 2.22 bits per heavy atom. The van der Waals surface area contributed by atoms with Gasteiger partial charge in [0, 0.05) is 18.4 Å². The van der Waals surface area contributed by atoms with E-state index in [-0.39, 0.29) is 30.8 Å². The van der Waals surface area contributed by atoms with Gasteiger partial charge in [-0.15, -0.1) is 13.2 Å². The van der Waals surface area contributed by atoms with Gasteiger partial charge in [-0.2, -0.15) is 0 Å². The molecule has 0 atom stereocenters. The molecule has 1 aliphatic rings. The van der Waals surface area contributed by atoms with Crippen LogP contribution in [0.25, 0.3) is 10.8 Å². The van der Waals surface area contributed by atoms with E-state index in [0.29, 0.717) is 49.0 Å². The van der Waals surface area contributed by atoms with Gasteiger partial charge in [0.15, 0.2) is 17.9 Å². The Balaban J connectivity index is 1.38. The molecule has 1 heterocycles. The lowest BCUT2D eigenvalue weighted by Crippen LogP contribution is -2.37. The number of ether oxygens (including phenoxy) is 4. The van der Waals surface area contributed by atoms with Crippen LogP contribution in [0.4, 0.5) is 26.3 Å². The highest BCUT2D eigenvalue weighted by Gasteiger charge is 2.34. The average molecular weight is 528 g/mol. The molecule has 0 N–H and O–H groups in total. The van der Waals surface area contributed by atoms with Crippen LogP contribution in [0.1, 0.15) is 30.0 Å². The largest absolute Gasteiger partial charge is 0.573 e. The second-order valence-electron chi connectivity index (χ2n) is 8.74. The lowest BCUT2D eigenvalue weighted by molar-refractivity contribution is -0.276. The highest BCUT2D eigenvalue weighted by atomic mass is 19.4. The van der Waals surface area contributed by atoms with Gasteiger partial charge in [0.1, 0.15) is 11.9 Å². The van der Waals surface area contributed by atoms with Crippen LogP contribution in [0.15, 0.2) is 42.5 Å². The Kier molecular flexibility index (Phi) is 8.61. The van der Waals surface area contributed by atoms with Crippen molar-refractivity contribution in [3.8, 4) is 5.75 Å². The standard InChI is InChI=1S/C27H26F6O4/c1-2-34-20-14-35-24(36-15-20)10-5-16-4-9-21-19(11-16)8-7-18(25(21)30)6-3-17-12-22(28)26(23(29)13-17)37-27(31,32)33/h4,7-9,11-13,20,24H,2-3,5-6,10,14-15H2,1H3. The molecule has 10 heteroatoms. The third kappa shape index (κ3) is 7.15. The van der Waals surface area contributed by atoms with Crippen molar-refractivity contribution in [1.82, 2.24) is 0 Å². The first-order chi connectivity index (χ1) is 17.6. The van der Waals surface area contributed by atoms with E-state index in [4.69, 9.17) is 14.2 Å². The Bertz CT molecular complexity index is 1200. The van der Waals surface area contributed by atoms with Crippen molar-refractivity contribution in [3.63, 3.8) is 0 Å². The fourth-order valence-electron chi connectivity index (χ4n) is 4.29. The van der Waals surface area contributed by atoms with Gasteiger partial charge in [-0.3, -0.25) is 0 Å². The van der Waals surface area contributed by atoms with Crippen LogP contribution in [-0.4, -0.2) is 38.6 Å². The van der Waals surface area contributed by atoms with Gasteiger partial charge in [0.2, 0.25) is 5.75 Å². The summed E-state index contributed by atoms with van der Waals surface area (Å²) in [5, 5.41) is 1.10. The highest BCUT2D eigenvalue weighted by molar-refractivity contribution is 5.84. The van der Waals surface area contributed by atoms with Crippen molar-refractivity contribution < 1.29 is 45.3 Å². The number of hydrogen-bond donors (Lipinski definition) is 0. The summed E-state index contributed by atoms with van der Waals surface area (Å²) in [5.74, 6) is -4.92. The molecule has 200 valence electrons. The predicted molar refractivity (Wildman–Crippen MR) is 124 cm³/mol. The minimum atomic E-state index is -5.22. The molecule has 0 amide bonds. The van der Waals surface area contributed by atoms with E-state index < -0.39 is 29.6 Å². The van der Waals surface area contributed by atoms with Gasteiger partial charge in [-0.1, -0.05) is 30.3 Å². The molecule has 3 aromatic carbocycles. The number of alkyl halides is 3. The molecular formula is C27H26F6O4. The summed E-state index contributed by atoms with van der Waals surface area (Å²) >= 11 is 0. The number of aryl methyl sites for hydroxylation is 3. The van der Waals surface area contributed by atoms with E-state index in [1.54, 1.807) is 18.2 Å². The van der Waals surface area contributed by atoms with Gasteiger partial charge in [0.25, 0.3) is 0 Å². The lowest BCUT2D eigenvalue weighted by atomic mass is 9.98. The fraction of sp³-hybridized carbons (Fsp3) is 0.407.